The minimum atomic E-state index is -0.246. The molecule has 0 heterocycles. The molecule has 0 saturated carbocycles. The van der Waals surface area contributed by atoms with E-state index in [1.807, 2.05) is 13.8 Å². The number of aliphatic hydroxyl groups excluding tert-OH is 2. The van der Waals surface area contributed by atoms with Crippen LogP contribution >= 0.6 is 0 Å². The van der Waals surface area contributed by atoms with Crippen molar-refractivity contribution in [3.8, 4) is 5.75 Å². The van der Waals surface area contributed by atoms with E-state index < -0.39 is 0 Å². The van der Waals surface area contributed by atoms with Crippen LogP contribution in [0.3, 0.4) is 0 Å². The first kappa shape index (κ1) is 11.0. The van der Waals surface area contributed by atoms with Gasteiger partial charge in [0.1, 0.15) is 5.75 Å². The zero-order valence-electron chi connectivity index (χ0n) is 8.76. The van der Waals surface area contributed by atoms with Crippen LogP contribution in [0, 0.1) is 20.8 Å². The van der Waals surface area contributed by atoms with Crippen LogP contribution in [-0.4, -0.2) is 15.3 Å². The number of phenols is 1. The van der Waals surface area contributed by atoms with Crippen LogP contribution in [0.2, 0.25) is 0 Å². The Labute approximate surface area is 83.6 Å². The van der Waals surface area contributed by atoms with E-state index in [2.05, 4.69) is 0 Å². The largest absolute Gasteiger partial charge is 0.507 e. The third-order valence-electron chi connectivity index (χ3n) is 2.90. The van der Waals surface area contributed by atoms with Gasteiger partial charge in [0.15, 0.2) is 0 Å². The highest BCUT2D eigenvalue weighted by molar-refractivity contribution is 5.53. The zero-order valence-corrected chi connectivity index (χ0v) is 8.76. The van der Waals surface area contributed by atoms with E-state index in [9.17, 15) is 5.11 Å². The smallest absolute Gasteiger partial charge is 0.124 e. The van der Waals surface area contributed by atoms with Crippen LogP contribution in [0.15, 0.2) is 0 Å². The van der Waals surface area contributed by atoms with Crippen molar-refractivity contribution in [2.45, 2.75) is 34.0 Å². The molecule has 3 heteroatoms. The summed E-state index contributed by atoms with van der Waals surface area (Å²) in [6.45, 7) is 5.18. The molecule has 1 aromatic rings. The quantitative estimate of drug-likeness (QED) is 0.668. The van der Waals surface area contributed by atoms with Crippen molar-refractivity contribution in [3.63, 3.8) is 0 Å². The Morgan fingerprint density at radius 2 is 1.29 bits per heavy atom. The van der Waals surface area contributed by atoms with Crippen molar-refractivity contribution in [2.24, 2.45) is 0 Å². The highest BCUT2D eigenvalue weighted by Gasteiger charge is 2.15. The third kappa shape index (κ3) is 1.49. The lowest BCUT2D eigenvalue weighted by molar-refractivity contribution is 0.254. The molecule has 1 rings (SSSR count). The van der Waals surface area contributed by atoms with Crippen LogP contribution in [0.25, 0.3) is 0 Å². The second kappa shape index (κ2) is 3.98. The molecule has 0 aliphatic carbocycles. The van der Waals surface area contributed by atoms with Gasteiger partial charge in [-0.25, -0.2) is 0 Å². The third-order valence-corrected chi connectivity index (χ3v) is 2.90. The average Bonchev–Trinajstić information content (AvgIpc) is 2.20. The van der Waals surface area contributed by atoms with Gasteiger partial charge in [0, 0.05) is 5.56 Å². The van der Waals surface area contributed by atoms with Crippen molar-refractivity contribution in [1.29, 1.82) is 0 Å². The standard InChI is InChI=1S/C11H16O3/c1-6-7(2)9(4-12)10(5-13)11(14)8(6)3/h12-14H,4-5H2,1-3H3. The lowest BCUT2D eigenvalue weighted by atomic mass is 9.93. The van der Waals surface area contributed by atoms with Gasteiger partial charge in [-0.15, -0.1) is 0 Å². The van der Waals surface area contributed by atoms with Crippen molar-refractivity contribution in [1.82, 2.24) is 0 Å². The predicted octanol–water partition coefficient (Wildman–Crippen LogP) is 1.30. The molecular weight excluding hydrogens is 180 g/mol. The average molecular weight is 196 g/mol. The Balaban J connectivity index is 3.57. The molecular formula is C11H16O3. The molecule has 0 aromatic heterocycles. The van der Waals surface area contributed by atoms with E-state index in [0.29, 0.717) is 11.1 Å². The van der Waals surface area contributed by atoms with Gasteiger partial charge in [-0.05, 0) is 43.0 Å². The fraction of sp³-hybridized carbons (Fsp3) is 0.455. The minimum absolute atomic E-state index is 0.0969. The molecule has 0 amide bonds. The summed E-state index contributed by atoms with van der Waals surface area (Å²) in [5.41, 5.74) is 3.74. The van der Waals surface area contributed by atoms with Crippen LogP contribution in [0.5, 0.6) is 5.75 Å². The molecule has 0 aliphatic rings. The van der Waals surface area contributed by atoms with E-state index >= 15 is 0 Å². The molecule has 3 N–H and O–H groups in total. The molecule has 0 atom stereocenters. The van der Waals surface area contributed by atoms with Gasteiger partial charge in [-0.1, -0.05) is 0 Å². The summed E-state index contributed by atoms with van der Waals surface area (Å²) in [6, 6.07) is 0. The van der Waals surface area contributed by atoms with Gasteiger partial charge < -0.3 is 15.3 Å². The normalized spacial score (nSPS) is 10.6. The first-order chi connectivity index (χ1) is 6.54. The number of benzene rings is 1. The maximum Gasteiger partial charge on any atom is 0.124 e. The highest BCUT2D eigenvalue weighted by atomic mass is 16.3. The summed E-state index contributed by atoms with van der Waals surface area (Å²) < 4.78 is 0. The van der Waals surface area contributed by atoms with Crippen LogP contribution in [0.4, 0.5) is 0 Å². The lowest BCUT2D eigenvalue weighted by Crippen LogP contribution is -2.02. The molecule has 0 unspecified atom stereocenters. The summed E-state index contributed by atoms with van der Waals surface area (Å²) in [5.74, 6) is 0.0969. The monoisotopic (exact) mass is 196 g/mol. The minimum Gasteiger partial charge on any atom is -0.507 e. The predicted molar refractivity (Wildman–Crippen MR) is 54.2 cm³/mol. The Kier molecular flexibility index (Phi) is 3.13. The number of rotatable bonds is 2. The zero-order chi connectivity index (χ0) is 10.9. The molecule has 0 radical (unpaired) electrons. The Morgan fingerprint density at radius 1 is 0.786 bits per heavy atom. The van der Waals surface area contributed by atoms with Crippen molar-refractivity contribution in [2.75, 3.05) is 0 Å². The fourth-order valence-corrected chi connectivity index (χ4v) is 1.67. The Morgan fingerprint density at radius 3 is 1.71 bits per heavy atom. The van der Waals surface area contributed by atoms with Crippen molar-refractivity contribution < 1.29 is 15.3 Å². The summed E-state index contributed by atoms with van der Waals surface area (Å²) in [4.78, 5) is 0. The maximum absolute atomic E-state index is 9.74. The van der Waals surface area contributed by atoms with Crippen molar-refractivity contribution >= 4 is 0 Å². The molecule has 14 heavy (non-hydrogen) atoms. The van der Waals surface area contributed by atoms with Gasteiger partial charge in [-0.3, -0.25) is 0 Å². The summed E-state index contributed by atoms with van der Waals surface area (Å²) in [6.07, 6.45) is 0. The molecule has 0 bridgehead atoms. The molecule has 0 aliphatic heterocycles. The van der Waals surface area contributed by atoms with E-state index in [4.69, 9.17) is 10.2 Å². The first-order valence-electron chi connectivity index (χ1n) is 4.56. The van der Waals surface area contributed by atoms with Crippen molar-refractivity contribution in [3.05, 3.63) is 27.8 Å². The Hall–Kier alpha value is -1.06. The van der Waals surface area contributed by atoms with Gasteiger partial charge >= 0.3 is 0 Å². The number of aromatic hydroxyl groups is 1. The topological polar surface area (TPSA) is 60.7 Å². The van der Waals surface area contributed by atoms with E-state index in [1.165, 1.54) is 0 Å². The second-order valence-corrected chi connectivity index (χ2v) is 3.50. The second-order valence-electron chi connectivity index (χ2n) is 3.50. The molecule has 3 nitrogen and oxygen atoms in total. The summed E-state index contributed by atoms with van der Waals surface area (Å²) in [5, 5.41) is 28.0. The molecule has 78 valence electrons. The molecule has 1 aromatic carbocycles. The molecule has 0 fully saturated rings. The van der Waals surface area contributed by atoms with Gasteiger partial charge in [-0.2, -0.15) is 0 Å². The summed E-state index contributed by atoms with van der Waals surface area (Å²) >= 11 is 0. The van der Waals surface area contributed by atoms with Gasteiger partial charge in [0.05, 0.1) is 13.2 Å². The maximum atomic E-state index is 9.74. The van der Waals surface area contributed by atoms with Crippen LogP contribution < -0.4 is 0 Å². The van der Waals surface area contributed by atoms with E-state index in [1.54, 1.807) is 6.92 Å². The van der Waals surface area contributed by atoms with E-state index in [0.717, 1.165) is 16.7 Å². The SMILES string of the molecule is Cc1c(C)c(O)c(CO)c(CO)c1C. The fourth-order valence-electron chi connectivity index (χ4n) is 1.67. The number of hydrogen-bond acceptors (Lipinski definition) is 3. The van der Waals surface area contributed by atoms with Gasteiger partial charge in [0.2, 0.25) is 0 Å². The highest BCUT2D eigenvalue weighted by Crippen LogP contribution is 2.32. The van der Waals surface area contributed by atoms with Crippen LogP contribution in [-0.2, 0) is 13.2 Å². The summed E-state index contributed by atoms with van der Waals surface area (Å²) in [7, 11) is 0. The lowest BCUT2D eigenvalue weighted by Gasteiger charge is -2.16. The van der Waals surface area contributed by atoms with Gasteiger partial charge in [0.25, 0.3) is 0 Å². The van der Waals surface area contributed by atoms with Crippen LogP contribution in [0.1, 0.15) is 27.8 Å². The Bertz CT molecular complexity index is 321. The molecule has 0 saturated heterocycles. The number of hydrogen-bond donors (Lipinski definition) is 3. The molecule has 0 spiro atoms. The first-order valence-corrected chi connectivity index (χ1v) is 4.56. The van der Waals surface area contributed by atoms with E-state index in [-0.39, 0.29) is 19.0 Å². The number of aliphatic hydroxyl groups is 2.